The van der Waals surface area contributed by atoms with Crippen LogP contribution in [0.4, 0.5) is 11.4 Å². The molecule has 116 valence electrons. The molecule has 1 aromatic carbocycles. The molecule has 1 fully saturated rings. The van der Waals surface area contributed by atoms with Gasteiger partial charge in [0, 0.05) is 24.0 Å². The van der Waals surface area contributed by atoms with Crippen LogP contribution in [0.3, 0.4) is 0 Å². The van der Waals surface area contributed by atoms with Crippen molar-refractivity contribution in [3.05, 3.63) is 23.8 Å². The van der Waals surface area contributed by atoms with Crippen molar-refractivity contribution in [2.75, 3.05) is 30.4 Å². The first kappa shape index (κ1) is 15.6. The molecular weight excluding hydrogens is 268 g/mol. The Morgan fingerprint density at radius 3 is 2.76 bits per heavy atom. The number of esters is 1. The number of ether oxygens (including phenoxy) is 1. The van der Waals surface area contributed by atoms with E-state index in [1.165, 1.54) is 12.8 Å². The number of nitrogens with zero attached hydrogens (tertiary/aromatic N) is 1. The Morgan fingerprint density at radius 1 is 1.43 bits per heavy atom. The minimum absolute atomic E-state index is 0.0929. The highest BCUT2D eigenvalue weighted by molar-refractivity contribution is 5.96. The van der Waals surface area contributed by atoms with E-state index in [1.54, 1.807) is 19.1 Å². The fourth-order valence-corrected chi connectivity index (χ4v) is 2.95. The second-order valence-electron chi connectivity index (χ2n) is 5.35. The Balaban J connectivity index is 2.27. The number of aliphatic hydroxyl groups excluding tert-OH is 1. The van der Waals surface area contributed by atoms with E-state index in [0.717, 1.165) is 18.5 Å². The van der Waals surface area contributed by atoms with Gasteiger partial charge in [-0.3, -0.25) is 0 Å². The molecular formula is C16H24N2O3. The van der Waals surface area contributed by atoms with E-state index >= 15 is 0 Å². The van der Waals surface area contributed by atoms with E-state index in [1.807, 2.05) is 6.07 Å². The SMILES string of the molecule is CCOC(=O)c1cc(N(CCO)C2CCCC2)ccc1N. The summed E-state index contributed by atoms with van der Waals surface area (Å²) in [5, 5.41) is 9.32. The van der Waals surface area contributed by atoms with Crippen molar-refractivity contribution in [2.45, 2.75) is 38.6 Å². The molecule has 0 saturated heterocycles. The summed E-state index contributed by atoms with van der Waals surface area (Å²) in [4.78, 5) is 14.1. The molecule has 0 atom stereocenters. The fraction of sp³-hybridized carbons (Fsp3) is 0.562. The van der Waals surface area contributed by atoms with Crippen molar-refractivity contribution in [1.82, 2.24) is 0 Å². The molecule has 21 heavy (non-hydrogen) atoms. The Morgan fingerprint density at radius 2 is 2.14 bits per heavy atom. The zero-order valence-corrected chi connectivity index (χ0v) is 12.5. The smallest absolute Gasteiger partial charge is 0.340 e. The topological polar surface area (TPSA) is 75.8 Å². The second kappa shape index (κ2) is 7.31. The van der Waals surface area contributed by atoms with Crippen LogP contribution in [0.1, 0.15) is 43.0 Å². The largest absolute Gasteiger partial charge is 0.462 e. The lowest BCUT2D eigenvalue weighted by atomic mass is 10.1. The molecule has 0 spiro atoms. The van der Waals surface area contributed by atoms with Crippen molar-refractivity contribution in [3.63, 3.8) is 0 Å². The van der Waals surface area contributed by atoms with Crippen LogP contribution in [-0.2, 0) is 4.74 Å². The van der Waals surface area contributed by atoms with Gasteiger partial charge in [0.05, 0.1) is 18.8 Å². The number of carbonyl (C=O) groups excluding carboxylic acids is 1. The predicted octanol–water partition coefficient (Wildman–Crippen LogP) is 2.19. The zero-order valence-electron chi connectivity index (χ0n) is 12.5. The molecule has 0 radical (unpaired) electrons. The molecule has 5 heteroatoms. The lowest BCUT2D eigenvalue weighted by molar-refractivity contribution is 0.0527. The highest BCUT2D eigenvalue weighted by Crippen LogP contribution is 2.30. The minimum Gasteiger partial charge on any atom is -0.462 e. The van der Waals surface area contributed by atoms with E-state index in [4.69, 9.17) is 10.5 Å². The molecule has 5 nitrogen and oxygen atoms in total. The number of hydrogen-bond donors (Lipinski definition) is 2. The van der Waals surface area contributed by atoms with Gasteiger partial charge < -0.3 is 20.5 Å². The summed E-state index contributed by atoms with van der Waals surface area (Å²) < 4.78 is 5.04. The van der Waals surface area contributed by atoms with E-state index < -0.39 is 5.97 Å². The summed E-state index contributed by atoms with van der Waals surface area (Å²) in [6, 6.07) is 5.85. The number of anilines is 2. The maximum absolute atomic E-state index is 11.9. The third-order valence-corrected chi connectivity index (χ3v) is 3.97. The normalized spacial score (nSPS) is 15.1. The van der Waals surface area contributed by atoms with Crippen LogP contribution in [0.25, 0.3) is 0 Å². The van der Waals surface area contributed by atoms with Gasteiger partial charge in [0.2, 0.25) is 0 Å². The van der Waals surface area contributed by atoms with Gasteiger partial charge in [-0.15, -0.1) is 0 Å². The first-order valence-corrected chi connectivity index (χ1v) is 7.61. The summed E-state index contributed by atoms with van der Waals surface area (Å²) in [5.74, 6) is -0.396. The van der Waals surface area contributed by atoms with Gasteiger partial charge in [0.15, 0.2) is 0 Å². The van der Waals surface area contributed by atoms with E-state index in [2.05, 4.69) is 4.90 Å². The first-order valence-electron chi connectivity index (χ1n) is 7.61. The van der Waals surface area contributed by atoms with Crippen LogP contribution in [0.2, 0.25) is 0 Å². The molecule has 1 aliphatic rings. The standard InChI is InChI=1S/C16H24N2O3/c1-2-21-16(20)14-11-13(7-8-15(14)17)18(9-10-19)12-5-3-4-6-12/h7-8,11-12,19H,2-6,9-10,17H2,1H3. The third kappa shape index (κ3) is 3.67. The summed E-state index contributed by atoms with van der Waals surface area (Å²) in [5.41, 5.74) is 7.63. The number of aliphatic hydroxyl groups is 1. The van der Waals surface area contributed by atoms with E-state index in [0.29, 0.717) is 30.4 Å². The van der Waals surface area contributed by atoms with E-state index in [9.17, 15) is 9.90 Å². The number of carbonyl (C=O) groups is 1. The highest BCUT2D eigenvalue weighted by atomic mass is 16.5. The van der Waals surface area contributed by atoms with Gasteiger partial charge in [-0.1, -0.05) is 12.8 Å². The number of nitrogens with two attached hydrogens (primary N) is 1. The highest BCUT2D eigenvalue weighted by Gasteiger charge is 2.23. The lowest BCUT2D eigenvalue weighted by Gasteiger charge is -2.31. The van der Waals surface area contributed by atoms with Crippen molar-refractivity contribution in [1.29, 1.82) is 0 Å². The van der Waals surface area contributed by atoms with Gasteiger partial charge in [0.25, 0.3) is 0 Å². The Kier molecular flexibility index (Phi) is 5.44. The fourth-order valence-electron chi connectivity index (χ4n) is 2.95. The van der Waals surface area contributed by atoms with Crippen LogP contribution < -0.4 is 10.6 Å². The summed E-state index contributed by atoms with van der Waals surface area (Å²) in [7, 11) is 0. The minimum atomic E-state index is -0.396. The van der Waals surface area contributed by atoms with Gasteiger partial charge in [-0.05, 0) is 38.0 Å². The number of benzene rings is 1. The molecule has 0 amide bonds. The van der Waals surface area contributed by atoms with Crippen LogP contribution >= 0.6 is 0 Å². The van der Waals surface area contributed by atoms with Gasteiger partial charge in [0.1, 0.15) is 0 Å². The average molecular weight is 292 g/mol. The molecule has 0 bridgehead atoms. The van der Waals surface area contributed by atoms with Gasteiger partial charge >= 0.3 is 5.97 Å². The Labute approximate surface area is 125 Å². The third-order valence-electron chi connectivity index (χ3n) is 3.97. The Hall–Kier alpha value is -1.75. The zero-order chi connectivity index (χ0) is 15.2. The van der Waals surface area contributed by atoms with E-state index in [-0.39, 0.29) is 6.61 Å². The van der Waals surface area contributed by atoms with Crippen LogP contribution in [-0.4, -0.2) is 36.9 Å². The van der Waals surface area contributed by atoms with Gasteiger partial charge in [-0.25, -0.2) is 4.79 Å². The molecule has 0 unspecified atom stereocenters. The predicted molar refractivity (Wildman–Crippen MR) is 83.5 cm³/mol. The van der Waals surface area contributed by atoms with Crippen molar-refractivity contribution in [2.24, 2.45) is 0 Å². The van der Waals surface area contributed by atoms with Crippen molar-refractivity contribution >= 4 is 17.3 Å². The second-order valence-corrected chi connectivity index (χ2v) is 5.35. The summed E-state index contributed by atoms with van der Waals surface area (Å²) >= 11 is 0. The molecule has 0 aromatic heterocycles. The average Bonchev–Trinajstić information content (AvgIpc) is 2.99. The van der Waals surface area contributed by atoms with Gasteiger partial charge in [-0.2, -0.15) is 0 Å². The number of rotatable bonds is 6. The molecule has 3 N–H and O–H groups in total. The Bertz CT molecular complexity index is 484. The summed E-state index contributed by atoms with van der Waals surface area (Å²) in [6.07, 6.45) is 4.68. The van der Waals surface area contributed by atoms with Crippen LogP contribution in [0, 0.1) is 0 Å². The monoisotopic (exact) mass is 292 g/mol. The summed E-state index contributed by atoms with van der Waals surface area (Å²) in [6.45, 7) is 2.76. The molecule has 0 aliphatic heterocycles. The lowest BCUT2D eigenvalue weighted by Crippen LogP contribution is -2.35. The quantitative estimate of drug-likeness (QED) is 0.621. The number of nitrogen functional groups attached to an aromatic ring is 1. The molecule has 2 rings (SSSR count). The molecule has 1 aromatic rings. The maximum atomic E-state index is 11.9. The molecule has 0 heterocycles. The van der Waals surface area contributed by atoms with Crippen molar-refractivity contribution in [3.8, 4) is 0 Å². The van der Waals surface area contributed by atoms with Crippen molar-refractivity contribution < 1.29 is 14.6 Å². The first-order chi connectivity index (χ1) is 10.2. The molecule has 1 saturated carbocycles. The maximum Gasteiger partial charge on any atom is 0.340 e. The molecule has 1 aliphatic carbocycles. The van der Waals surface area contributed by atoms with Crippen LogP contribution in [0.5, 0.6) is 0 Å². The van der Waals surface area contributed by atoms with Crippen LogP contribution in [0.15, 0.2) is 18.2 Å². The number of hydrogen-bond acceptors (Lipinski definition) is 5.